The molecule has 1 aromatic rings. The average Bonchev–Trinajstić information content (AvgIpc) is 2.65. The summed E-state index contributed by atoms with van der Waals surface area (Å²) in [6.45, 7) is 7.23. The first-order valence-corrected chi connectivity index (χ1v) is 9.39. The Morgan fingerprint density at radius 1 is 1.24 bits per heavy atom. The van der Waals surface area contributed by atoms with Gasteiger partial charge in [-0.1, -0.05) is 19.1 Å². The molecule has 6 nitrogen and oxygen atoms in total. The molecule has 0 bridgehead atoms. The van der Waals surface area contributed by atoms with Gasteiger partial charge < -0.3 is 10.4 Å². The standard InChI is InChI=1S/C17H24FN3O.C2HF3O2/c1-2-21-11-8-19-16(22)17(21)6-9-20(10-7-17)13-14-4-3-5-15(18)12-14;3-2(4,5)1(6)7/h3-5,12H,2,6-11,13H2,1H3,(H,19,22);(H,6,7). The monoisotopic (exact) mass is 419 g/mol. The number of carboxylic acid groups (broad SMARTS) is 1. The number of likely N-dealkylation sites (tertiary alicyclic amines) is 1. The minimum absolute atomic E-state index is 0.185. The summed E-state index contributed by atoms with van der Waals surface area (Å²) >= 11 is 0. The van der Waals surface area contributed by atoms with E-state index in [4.69, 9.17) is 9.90 Å². The number of hydrogen-bond acceptors (Lipinski definition) is 4. The first-order valence-electron chi connectivity index (χ1n) is 9.39. The zero-order valence-electron chi connectivity index (χ0n) is 16.1. The summed E-state index contributed by atoms with van der Waals surface area (Å²) in [6.07, 6.45) is -3.38. The zero-order valence-corrected chi connectivity index (χ0v) is 16.1. The molecule has 0 unspecified atom stereocenters. The lowest BCUT2D eigenvalue weighted by atomic mass is 9.83. The molecule has 2 N–H and O–H groups in total. The maximum atomic E-state index is 13.3. The lowest BCUT2D eigenvalue weighted by Gasteiger charge is -2.49. The van der Waals surface area contributed by atoms with Crippen LogP contribution in [0.4, 0.5) is 17.6 Å². The van der Waals surface area contributed by atoms with E-state index in [1.165, 1.54) is 6.07 Å². The van der Waals surface area contributed by atoms with Crippen LogP contribution >= 0.6 is 0 Å². The van der Waals surface area contributed by atoms with Gasteiger partial charge >= 0.3 is 12.1 Å². The quantitative estimate of drug-likeness (QED) is 0.736. The minimum Gasteiger partial charge on any atom is -0.475 e. The number of halogens is 4. The van der Waals surface area contributed by atoms with Gasteiger partial charge in [0, 0.05) is 32.7 Å². The Hall–Kier alpha value is -2.20. The number of aliphatic carboxylic acids is 1. The number of carboxylic acids is 1. The summed E-state index contributed by atoms with van der Waals surface area (Å²) < 4.78 is 45.0. The van der Waals surface area contributed by atoms with Gasteiger partial charge in [0.25, 0.3) is 0 Å². The van der Waals surface area contributed by atoms with Crippen molar-refractivity contribution in [2.45, 2.75) is 38.0 Å². The van der Waals surface area contributed by atoms with Crippen LogP contribution in [0, 0.1) is 5.82 Å². The van der Waals surface area contributed by atoms with Gasteiger partial charge in [0.15, 0.2) is 0 Å². The van der Waals surface area contributed by atoms with Gasteiger partial charge in [-0.05, 0) is 37.1 Å². The Morgan fingerprint density at radius 3 is 2.38 bits per heavy atom. The first-order chi connectivity index (χ1) is 13.6. The van der Waals surface area contributed by atoms with Crippen LogP contribution in [-0.2, 0) is 16.1 Å². The molecule has 0 aliphatic carbocycles. The van der Waals surface area contributed by atoms with Crippen molar-refractivity contribution in [2.24, 2.45) is 0 Å². The second-order valence-electron chi connectivity index (χ2n) is 7.08. The van der Waals surface area contributed by atoms with Crippen LogP contribution in [0.2, 0.25) is 0 Å². The van der Waals surface area contributed by atoms with Crippen LogP contribution in [0.15, 0.2) is 24.3 Å². The number of nitrogens with one attached hydrogen (secondary N) is 1. The fourth-order valence-electron chi connectivity index (χ4n) is 3.81. The number of piperidine rings is 1. The lowest BCUT2D eigenvalue weighted by molar-refractivity contribution is -0.192. The molecule has 0 atom stereocenters. The van der Waals surface area contributed by atoms with Crippen LogP contribution in [0.5, 0.6) is 0 Å². The molecule has 2 aliphatic rings. The smallest absolute Gasteiger partial charge is 0.475 e. The Morgan fingerprint density at radius 2 is 1.86 bits per heavy atom. The third kappa shape index (κ3) is 5.89. The van der Waals surface area contributed by atoms with Crippen molar-refractivity contribution < 1.29 is 32.3 Å². The number of hydrogen-bond donors (Lipinski definition) is 2. The van der Waals surface area contributed by atoms with Gasteiger partial charge in [0.05, 0.1) is 0 Å². The number of amides is 1. The summed E-state index contributed by atoms with van der Waals surface area (Å²) in [5.74, 6) is -2.76. The molecule has 162 valence electrons. The highest BCUT2D eigenvalue weighted by Crippen LogP contribution is 2.31. The number of alkyl halides is 3. The minimum atomic E-state index is -5.08. The molecule has 2 heterocycles. The molecule has 10 heteroatoms. The number of benzene rings is 1. The van der Waals surface area contributed by atoms with Crippen molar-refractivity contribution in [3.63, 3.8) is 0 Å². The van der Waals surface area contributed by atoms with E-state index in [0.717, 1.165) is 57.7 Å². The third-order valence-corrected chi connectivity index (χ3v) is 5.30. The van der Waals surface area contributed by atoms with E-state index in [0.29, 0.717) is 0 Å². The van der Waals surface area contributed by atoms with E-state index >= 15 is 0 Å². The van der Waals surface area contributed by atoms with E-state index in [1.54, 1.807) is 12.1 Å². The van der Waals surface area contributed by atoms with Crippen molar-refractivity contribution in [3.8, 4) is 0 Å². The van der Waals surface area contributed by atoms with Crippen LogP contribution in [-0.4, -0.2) is 71.2 Å². The van der Waals surface area contributed by atoms with Crippen LogP contribution in [0.3, 0.4) is 0 Å². The van der Waals surface area contributed by atoms with Crippen molar-refractivity contribution in [1.29, 1.82) is 0 Å². The average molecular weight is 419 g/mol. The van der Waals surface area contributed by atoms with Gasteiger partial charge in [-0.15, -0.1) is 0 Å². The van der Waals surface area contributed by atoms with Crippen molar-refractivity contribution in [2.75, 3.05) is 32.7 Å². The highest BCUT2D eigenvalue weighted by atomic mass is 19.4. The molecule has 1 aromatic carbocycles. The molecule has 1 amide bonds. The lowest BCUT2D eigenvalue weighted by Crippen LogP contribution is -2.67. The topological polar surface area (TPSA) is 72.9 Å². The number of piperazine rings is 1. The van der Waals surface area contributed by atoms with Crippen molar-refractivity contribution >= 4 is 11.9 Å². The van der Waals surface area contributed by atoms with Gasteiger partial charge in [-0.25, -0.2) is 9.18 Å². The predicted octanol–water partition coefficient (Wildman–Crippen LogP) is 2.25. The number of carbonyl (C=O) groups is 2. The van der Waals surface area contributed by atoms with Crippen LogP contribution in [0.1, 0.15) is 25.3 Å². The summed E-state index contributed by atoms with van der Waals surface area (Å²) in [5, 5.41) is 10.2. The second kappa shape index (κ2) is 9.53. The Labute approximate surface area is 166 Å². The largest absolute Gasteiger partial charge is 0.490 e. The second-order valence-corrected chi connectivity index (χ2v) is 7.08. The summed E-state index contributed by atoms with van der Waals surface area (Å²) in [4.78, 5) is 26.0. The van der Waals surface area contributed by atoms with Gasteiger partial charge in [0.2, 0.25) is 5.91 Å². The molecule has 2 aliphatic heterocycles. The molecule has 2 saturated heterocycles. The van der Waals surface area contributed by atoms with Gasteiger partial charge in [-0.2, -0.15) is 13.2 Å². The van der Waals surface area contributed by atoms with Crippen molar-refractivity contribution in [3.05, 3.63) is 35.6 Å². The number of likely N-dealkylation sites (N-methyl/N-ethyl adjacent to an activating group) is 1. The fraction of sp³-hybridized carbons (Fsp3) is 0.579. The van der Waals surface area contributed by atoms with Crippen molar-refractivity contribution in [1.82, 2.24) is 15.1 Å². The fourth-order valence-corrected chi connectivity index (χ4v) is 3.81. The number of carbonyl (C=O) groups excluding carboxylic acids is 1. The maximum absolute atomic E-state index is 13.3. The molecule has 3 rings (SSSR count). The summed E-state index contributed by atoms with van der Waals surface area (Å²) in [7, 11) is 0. The SMILES string of the molecule is CCN1CCNC(=O)C12CCN(Cc1cccc(F)c1)CC2.O=C(O)C(F)(F)F. The maximum Gasteiger partial charge on any atom is 0.490 e. The summed E-state index contributed by atoms with van der Waals surface area (Å²) in [5.41, 5.74) is 0.669. The highest BCUT2D eigenvalue weighted by Gasteiger charge is 2.47. The molecule has 29 heavy (non-hydrogen) atoms. The van der Waals surface area contributed by atoms with E-state index in [-0.39, 0.29) is 17.3 Å². The Balaban J connectivity index is 0.000000370. The Kier molecular flexibility index (Phi) is 7.59. The third-order valence-electron chi connectivity index (χ3n) is 5.30. The van der Waals surface area contributed by atoms with E-state index < -0.39 is 12.1 Å². The van der Waals surface area contributed by atoms with E-state index in [9.17, 15) is 22.4 Å². The molecule has 1 spiro atoms. The zero-order chi connectivity index (χ0) is 21.7. The summed E-state index contributed by atoms with van der Waals surface area (Å²) in [6, 6.07) is 6.78. The van der Waals surface area contributed by atoms with Gasteiger partial charge in [-0.3, -0.25) is 14.6 Å². The normalized spacial score (nSPS) is 20.0. The van der Waals surface area contributed by atoms with E-state index in [2.05, 4.69) is 22.0 Å². The molecule has 0 aromatic heterocycles. The highest BCUT2D eigenvalue weighted by molar-refractivity contribution is 5.87. The molecular formula is C19H25F4N3O3. The van der Waals surface area contributed by atoms with Gasteiger partial charge in [0.1, 0.15) is 11.4 Å². The first kappa shape index (κ1) is 23.1. The molecule has 2 fully saturated rings. The Bertz CT molecular complexity index is 719. The van der Waals surface area contributed by atoms with Crippen LogP contribution < -0.4 is 5.32 Å². The molecule has 0 saturated carbocycles. The molecular weight excluding hydrogens is 394 g/mol. The van der Waals surface area contributed by atoms with Crippen LogP contribution in [0.25, 0.3) is 0 Å². The van der Waals surface area contributed by atoms with E-state index in [1.807, 2.05) is 6.07 Å². The predicted molar refractivity (Wildman–Crippen MR) is 97.6 cm³/mol. The number of nitrogens with zero attached hydrogens (tertiary/aromatic N) is 2. The number of rotatable bonds is 3. The molecule has 0 radical (unpaired) electrons.